The van der Waals surface area contributed by atoms with Crippen LogP contribution in [0.1, 0.15) is 44.7 Å². The quantitative estimate of drug-likeness (QED) is 0.407. The maximum atomic E-state index is 12.1. The first-order valence-corrected chi connectivity index (χ1v) is 8.45. The number of carbonyl (C=O) groups is 3. The highest BCUT2D eigenvalue weighted by Crippen LogP contribution is 2.20. The van der Waals surface area contributed by atoms with Gasteiger partial charge in [-0.2, -0.15) is 5.10 Å². The Hall–Kier alpha value is -2.90. The summed E-state index contributed by atoms with van der Waals surface area (Å²) in [4.78, 5) is 36.9. The van der Waals surface area contributed by atoms with E-state index in [2.05, 4.69) is 15.8 Å². The molecule has 1 heterocycles. The number of aromatic hydroxyl groups is 1. The van der Waals surface area contributed by atoms with Crippen LogP contribution in [0, 0.1) is 6.92 Å². The number of carbonyl (C=O) groups excluding carboxylic acids is 3. The van der Waals surface area contributed by atoms with Crippen LogP contribution in [0.2, 0.25) is 0 Å². The molecule has 1 aromatic carbocycles. The second kappa shape index (κ2) is 7.55. The molecule has 0 spiro atoms. The van der Waals surface area contributed by atoms with Crippen LogP contribution < -0.4 is 10.7 Å². The number of amides is 4. The number of aryl methyl sites for hydroxylation is 1. The summed E-state index contributed by atoms with van der Waals surface area (Å²) in [6.07, 6.45) is 0.452. The zero-order valence-corrected chi connectivity index (χ0v) is 15.4. The summed E-state index contributed by atoms with van der Waals surface area (Å²) in [5, 5.41) is 16.6. The summed E-state index contributed by atoms with van der Waals surface area (Å²) in [5.41, 5.74) is 3.53. The topological polar surface area (TPSA) is 111 Å². The molecule has 0 unspecified atom stereocenters. The van der Waals surface area contributed by atoms with Gasteiger partial charge in [-0.15, -0.1) is 0 Å². The van der Waals surface area contributed by atoms with E-state index in [9.17, 15) is 19.5 Å². The summed E-state index contributed by atoms with van der Waals surface area (Å²) < 4.78 is 0. The number of imide groups is 1. The molecule has 8 nitrogen and oxygen atoms in total. The van der Waals surface area contributed by atoms with E-state index in [-0.39, 0.29) is 24.6 Å². The zero-order chi connectivity index (χ0) is 19.5. The Morgan fingerprint density at radius 2 is 2.04 bits per heavy atom. The summed E-state index contributed by atoms with van der Waals surface area (Å²) in [6, 6.07) is 4.65. The van der Waals surface area contributed by atoms with Gasteiger partial charge in [0.15, 0.2) is 0 Å². The maximum absolute atomic E-state index is 12.1. The number of rotatable bonds is 6. The third kappa shape index (κ3) is 4.19. The Morgan fingerprint density at radius 3 is 2.62 bits per heavy atom. The average molecular weight is 360 g/mol. The maximum Gasteiger partial charge on any atom is 0.325 e. The molecule has 3 N–H and O–H groups in total. The molecular formula is C18H24N4O4. The van der Waals surface area contributed by atoms with Crippen molar-refractivity contribution < 1.29 is 19.5 Å². The minimum atomic E-state index is -0.955. The lowest BCUT2D eigenvalue weighted by Crippen LogP contribution is -2.40. The van der Waals surface area contributed by atoms with Crippen LogP contribution in [0.4, 0.5) is 4.79 Å². The molecule has 0 bridgehead atoms. The highest BCUT2D eigenvalue weighted by atomic mass is 16.3. The molecule has 1 saturated heterocycles. The molecule has 1 aliphatic heterocycles. The lowest BCUT2D eigenvalue weighted by molar-refractivity contribution is -0.130. The standard InChI is InChI=1S/C18H24N4O4/c1-5-13(12-10-11(2)6-7-14(12)23)20-21-15(24)8-9-22-16(25)18(3,4)19-17(22)26/h6-7,10,23H,5,8-9H2,1-4H3,(H,19,26)(H,21,24)/b20-13+. The minimum absolute atomic E-state index is 0.0212. The lowest BCUT2D eigenvalue weighted by Gasteiger charge is -2.15. The van der Waals surface area contributed by atoms with E-state index in [1.165, 1.54) is 0 Å². The summed E-state index contributed by atoms with van der Waals surface area (Å²) in [5.74, 6) is -0.696. The van der Waals surface area contributed by atoms with Gasteiger partial charge in [0.2, 0.25) is 5.91 Å². The Bertz CT molecular complexity index is 770. The van der Waals surface area contributed by atoms with Crippen LogP contribution in [0.15, 0.2) is 23.3 Å². The number of hydrazone groups is 1. The first-order valence-electron chi connectivity index (χ1n) is 8.45. The number of benzene rings is 1. The monoisotopic (exact) mass is 360 g/mol. The number of urea groups is 1. The van der Waals surface area contributed by atoms with Crippen molar-refractivity contribution in [1.82, 2.24) is 15.6 Å². The smallest absolute Gasteiger partial charge is 0.325 e. The van der Waals surface area contributed by atoms with Crippen molar-refractivity contribution in [2.45, 2.75) is 46.1 Å². The predicted octanol–water partition coefficient (Wildman–Crippen LogP) is 1.65. The predicted molar refractivity (Wildman–Crippen MR) is 96.8 cm³/mol. The normalized spacial score (nSPS) is 16.6. The summed E-state index contributed by atoms with van der Waals surface area (Å²) >= 11 is 0. The van der Waals surface area contributed by atoms with Gasteiger partial charge in [0.1, 0.15) is 11.3 Å². The Balaban J connectivity index is 1.99. The van der Waals surface area contributed by atoms with Gasteiger partial charge >= 0.3 is 6.03 Å². The van der Waals surface area contributed by atoms with E-state index in [0.717, 1.165) is 10.5 Å². The molecule has 0 aromatic heterocycles. The third-order valence-corrected chi connectivity index (χ3v) is 4.12. The average Bonchev–Trinajstić information content (AvgIpc) is 2.77. The van der Waals surface area contributed by atoms with E-state index in [4.69, 9.17) is 0 Å². The number of hydrogen-bond acceptors (Lipinski definition) is 5. The van der Waals surface area contributed by atoms with Crippen molar-refractivity contribution in [1.29, 1.82) is 0 Å². The number of phenolic OH excluding ortho intramolecular Hbond substituents is 1. The SMILES string of the molecule is CC/C(=N\NC(=O)CCN1C(=O)NC(C)(C)C1=O)c1cc(C)ccc1O. The molecular weight excluding hydrogens is 336 g/mol. The number of nitrogens with one attached hydrogen (secondary N) is 2. The number of nitrogens with zero attached hydrogens (tertiary/aromatic N) is 2. The van der Waals surface area contributed by atoms with Crippen LogP contribution in [-0.2, 0) is 9.59 Å². The first kappa shape index (κ1) is 19.4. The molecule has 4 amide bonds. The van der Waals surface area contributed by atoms with Gasteiger partial charge in [0, 0.05) is 18.5 Å². The van der Waals surface area contributed by atoms with Crippen LogP contribution >= 0.6 is 0 Å². The minimum Gasteiger partial charge on any atom is -0.507 e. The van der Waals surface area contributed by atoms with Crippen molar-refractivity contribution in [3.8, 4) is 5.75 Å². The second-order valence-corrected chi connectivity index (χ2v) is 6.73. The molecule has 2 rings (SSSR count). The third-order valence-electron chi connectivity index (χ3n) is 4.12. The van der Waals surface area contributed by atoms with E-state index in [1.54, 1.807) is 32.0 Å². The highest BCUT2D eigenvalue weighted by Gasteiger charge is 2.43. The largest absolute Gasteiger partial charge is 0.507 e. The lowest BCUT2D eigenvalue weighted by atomic mass is 10.0. The Labute approximate surface area is 152 Å². The van der Waals surface area contributed by atoms with Crippen molar-refractivity contribution in [3.05, 3.63) is 29.3 Å². The van der Waals surface area contributed by atoms with Gasteiger partial charge in [0.05, 0.1) is 5.71 Å². The van der Waals surface area contributed by atoms with Crippen molar-refractivity contribution in [2.75, 3.05) is 6.54 Å². The summed E-state index contributed by atoms with van der Waals surface area (Å²) in [6.45, 7) is 6.96. The highest BCUT2D eigenvalue weighted by molar-refractivity contribution is 6.06. The fourth-order valence-corrected chi connectivity index (χ4v) is 2.63. The first-order chi connectivity index (χ1) is 12.2. The molecule has 0 saturated carbocycles. The second-order valence-electron chi connectivity index (χ2n) is 6.73. The summed E-state index contributed by atoms with van der Waals surface area (Å²) in [7, 11) is 0. The van der Waals surface area contributed by atoms with E-state index in [1.807, 2.05) is 13.8 Å². The van der Waals surface area contributed by atoms with Crippen LogP contribution in [0.5, 0.6) is 5.75 Å². The van der Waals surface area contributed by atoms with Gasteiger partial charge in [0.25, 0.3) is 5.91 Å². The molecule has 1 fully saturated rings. The molecule has 0 radical (unpaired) electrons. The van der Waals surface area contributed by atoms with Crippen LogP contribution in [-0.4, -0.2) is 45.6 Å². The molecule has 140 valence electrons. The van der Waals surface area contributed by atoms with E-state index in [0.29, 0.717) is 17.7 Å². The zero-order valence-electron chi connectivity index (χ0n) is 15.4. The fourth-order valence-electron chi connectivity index (χ4n) is 2.63. The van der Waals surface area contributed by atoms with Gasteiger partial charge in [-0.25, -0.2) is 10.2 Å². The number of hydrogen-bond donors (Lipinski definition) is 3. The molecule has 1 aliphatic rings. The Kier molecular flexibility index (Phi) is 5.64. The Morgan fingerprint density at radius 1 is 1.35 bits per heavy atom. The molecule has 8 heteroatoms. The van der Waals surface area contributed by atoms with Gasteiger partial charge < -0.3 is 10.4 Å². The van der Waals surface area contributed by atoms with Crippen LogP contribution in [0.3, 0.4) is 0 Å². The molecule has 0 aliphatic carbocycles. The van der Waals surface area contributed by atoms with Gasteiger partial charge in [-0.05, 0) is 39.3 Å². The fraction of sp³-hybridized carbons (Fsp3) is 0.444. The van der Waals surface area contributed by atoms with Crippen molar-refractivity contribution >= 4 is 23.6 Å². The van der Waals surface area contributed by atoms with Gasteiger partial charge in [-0.1, -0.05) is 18.6 Å². The number of phenols is 1. The van der Waals surface area contributed by atoms with Crippen LogP contribution in [0.25, 0.3) is 0 Å². The molecule has 26 heavy (non-hydrogen) atoms. The van der Waals surface area contributed by atoms with Crippen molar-refractivity contribution in [2.24, 2.45) is 5.10 Å². The van der Waals surface area contributed by atoms with Crippen molar-refractivity contribution in [3.63, 3.8) is 0 Å². The van der Waals surface area contributed by atoms with Gasteiger partial charge in [-0.3, -0.25) is 14.5 Å². The van der Waals surface area contributed by atoms with E-state index >= 15 is 0 Å². The molecule has 0 atom stereocenters. The van der Waals surface area contributed by atoms with E-state index < -0.39 is 17.5 Å². The molecule has 1 aromatic rings.